The van der Waals surface area contributed by atoms with Gasteiger partial charge in [0.2, 0.25) is 0 Å². The number of amides is 1. The number of morpholine rings is 1. The van der Waals surface area contributed by atoms with Gasteiger partial charge in [-0.2, -0.15) is 5.10 Å². The highest BCUT2D eigenvalue weighted by atomic mass is 16.5. The SMILES string of the molecule is CC1CN(C(=O)C2(n3cccn3)CCNCC2)CC1N1CCOCC1. The molecule has 138 valence electrons. The van der Waals surface area contributed by atoms with Crippen molar-refractivity contribution in [1.29, 1.82) is 0 Å². The van der Waals surface area contributed by atoms with Crippen LogP contribution in [-0.4, -0.2) is 84.0 Å². The molecule has 2 unspecified atom stereocenters. The maximum atomic E-state index is 13.6. The molecule has 3 fully saturated rings. The highest BCUT2D eigenvalue weighted by Gasteiger charge is 2.47. The number of aromatic nitrogens is 2. The van der Waals surface area contributed by atoms with Crippen LogP contribution < -0.4 is 5.32 Å². The summed E-state index contributed by atoms with van der Waals surface area (Å²) >= 11 is 0. The van der Waals surface area contributed by atoms with Gasteiger partial charge in [-0.3, -0.25) is 14.4 Å². The first-order valence-electron chi connectivity index (χ1n) is 9.53. The summed E-state index contributed by atoms with van der Waals surface area (Å²) in [6.07, 6.45) is 5.34. The Morgan fingerprint density at radius 1 is 1.24 bits per heavy atom. The van der Waals surface area contributed by atoms with Crippen molar-refractivity contribution in [2.45, 2.75) is 31.3 Å². The van der Waals surface area contributed by atoms with Gasteiger partial charge in [-0.25, -0.2) is 0 Å². The van der Waals surface area contributed by atoms with Crippen molar-refractivity contribution in [3.05, 3.63) is 18.5 Å². The van der Waals surface area contributed by atoms with Gasteiger partial charge in [0.25, 0.3) is 5.91 Å². The van der Waals surface area contributed by atoms with Crippen molar-refractivity contribution >= 4 is 5.91 Å². The van der Waals surface area contributed by atoms with E-state index in [2.05, 4.69) is 27.1 Å². The first-order valence-corrected chi connectivity index (χ1v) is 9.53. The van der Waals surface area contributed by atoms with E-state index in [1.165, 1.54) is 0 Å². The molecule has 25 heavy (non-hydrogen) atoms. The van der Waals surface area contributed by atoms with Crippen LogP contribution in [0.25, 0.3) is 0 Å². The summed E-state index contributed by atoms with van der Waals surface area (Å²) in [5.41, 5.74) is -0.519. The largest absolute Gasteiger partial charge is 0.379 e. The first-order chi connectivity index (χ1) is 12.2. The number of hydrogen-bond acceptors (Lipinski definition) is 5. The van der Waals surface area contributed by atoms with Crippen LogP contribution in [0.5, 0.6) is 0 Å². The first kappa shape index (κ1) is 17.0. The van der Waals surface area contributed by atoms with Gasteiger partial charge >= 0.3 is 0 Å². The predicted octanol–water partition coefficient (Wildman–Crippen LogP) is 0.141. The second-order valence-corrected chi connectivity index (χ2v) is 7.64. The van der Waals surface area contributed by atoms with Crippen LogP contribution in [0.15, 0.2) is 18.5 Å². The Morgan fingerprint density at radius 3 is 2.68 bits per heavy atom. The fourth-order valence-corrected chi connectivity index (χ4v) is 4.70. The standard InChI is InChI=1S/C18H29N5O2/c1-15-13-22(14-16(15)21-9-11-25-12-10-21)17(24)18(3-6-19-7-4-18)23-8-2-5-20-23/h2,5,8,15-16,19H,3-4,6-7,9-14H2,1H3. The lowest BCUT2D eigenvalue weighted by Gasteiger charge is -2.39. The molecule has 3 aliphatic rings. The van der Waals surface area contributed by atoms with Crippen molar-refractivity contribution in [3.63, 3.8) is 0 Å². The molecule has 0 aliphatic carbocycles. The van der Waals surface area contributed by atoms with Gasteiger partial charge in [-0.05, 0) is 37.9 Å². The summed E-state index contributed by atoms with van der Waals surface area (Å²) < 4.78 is 7.39. The molecule has 2 atom stereocenters. The van der Waals surface area contributed by atoms with Crippen LogP contribution in [0.2, 0.25) is 0 Å². The molecule has 0 radical (unpaired) electrons. The summed E-state index contributed by atoms with van der Waals surface area (Å²) in [5.74, 6) is 0.749. The van der Waals surface area contributed by atoms with Gasteiger partial charge in [0.1, 0.15) is 5.54 Å². The van der Waals surface area contributed by atoms with Gasteiger partial charge in [0, 0.05) is 44.6 Å². The van der Waals surface area contributed by atoms with Crippen molar-refractivity contribution < 1.29 is 9.53 Å². The minimum absolute atomic E-state index is 0.250. The number of carbonyl (C=O) groups is 1. The summed E-state index contributed by atoms with van der Waals surface area (Å²) in [7, 11) is 0. The van der Waals surface area contributed by atoms with E-state index in [-0.39, 0.29) is 5.91 Å². The molecule has 0 saturated carbocycles. The van der Waals surface area contributed by atoms with Crippen LogP contribution in [0.3, 0.4) is 0 Å². The fourth-order valence-electron chi connectivity index (χ4n) is 4.70. The number of nitrogens with one attached hydrogen (secondary N) is 1. The van der Waals surface area contributed by atoms with Gasteiger partial charge in [0.15, 0.2) is 0 Å². The molecule has 1 N–H and O–H groups in total. The Balaban J connectivity index is 1.53. The molecule has 7 nitrogen and oxygen atoms in total. The third-order valence-corrected chi connectivity index (χ3v) is 6.15. The number of carbonyl (C=O) groups excluding carboxylic acids is 1. The molecule has 4 rings (SSSR count). The molecule has 0 aromatic carbocycles. The Hall–Kier alpha value is -1.44. The third kappa shape index (κ3) is 3.09. The molecular formula is C18H29N5O2. The zero-order chi connectivity index (χ0) is 17.3. The van der Waals surface area contributed by atoms with Gasteiger partial charge in [-0.1, -0.05) is 6.92 Å². The molecule has 1 amide bonds. The van der Waals surface area contributed by atoms with E-state index in [0.29, 0.717) is 12.0 Å². The normalized spacial score (nSPS) is 30.5. The quantitative estimate of drug-likeness (QED) is 0.843. The van der Waals surface area contributed by atoms with Crippen molar-refractivity contribution in [3.8, 4) is 0 Å². The Labute approximate surface area is 149 Å². The minimum atomic E-state index is -0.519. The van der Waals surface area contributed by atoms with Gasteiger partial charge < -0.3 is 15.0 Å². The number of likely N-dealkylation sites (tertiary alicyclic amines) is 1. The van der Waals surface area contributed by atoms with Gasteiger partial charge in [-0.15, -0.1) is 0 Å². The summed E-state index contributed by atoms with van der Waals surface area (Å²) in [4.78, 5) is 18.2. The molecule has 4 heterocycles. The number of rotatable bonds is 3. The van der Waals surface area contributed by atoms with Crippen LogP contribution in [0, 0.1) is 5.92 Å². The van der Waals surface area contributed by atoms with E-state index in [1.807, 2.05) is 16.9 Å². The van der Waals surface area contributed by atoms with E-state index in [4.69, 9.17) is 4.74 Å². The number of piperidine rings is 1. The van der Waals surface area contributed by atoms with E-state index in [0.717, 1.165) is 65.3 Å². The van der Waals surface area contributed by atoms with Gasteiger partial charge in [0.05, 0.1) is 13.2 Å². The molecular weight excluding hydrogens is 318 g/mol. The van der Waals surface area contributed by atoms with Crippen LogP contribution in [0.1, 0.15) is 19.8 Å². The van der Waals surface area contributed by atoms with E-state index in [9.17, 15) is 4.79 Å². The molecule has 1 aromatic heterocycles. The van der Waals surface area contributed by atoms with E-state index in [1.54, 1.807) is 6.20 Å². The summed E-state index contributed by atoms with van der Waals surface area (Å²) in [6.45, 7) is 9.24. The van der Waals surface area contributed by atoms with Crippen molar-refractivity contribution in [2.75, 3.05) is 52.5 Å². The molecule has 3 aliphatic heterocycles. The molecule has 0 bridgehead atoms. The number of hydrogen-bond donors (Lipinski definition) is 1. The average Bonchev–Trinajstić information content (AvgIpc) is 3.32. The topological polar surface area (TPSA) is 62.6 Å². The Morgan fingerprint density at radius 2 is 2.00 bits per heavy atom. The highest BCUT2D eigenvalue weighted by molar-refractivity contribution is 5.85. The molecule has 1 aromatic rings. The van der Waals surface area contributed by atoms with Crippen LogP contribution >= 0.6 is 0 Å². The molecule has 3 saturated heterocycles. The van der Waals surface area contributed by atoms with Crippen molar-refractivity contribution in [1.82, 2.24) is 24.9 Å². The second-order valence-electron chi connectivity index (χ2n) is 7.64. The second kappa shape index (κ2) is 7.05. The lowest BCUT2D eigenvalue weighted by molar-refractivity contribution is -0.142. The smallest absolute Gasteiger partial charge is 0.250 e. The van der Waals surface area contributed by atoms with E-state index >= 15 is 0 Å². The summed E-state index contributed by atoms with van der Waals surface area (Å²) in [5, 5.41) is 7.83. The van der Waals surface area contributed by atoms with Crippen molar-refractivity contribution in [2.24, 2.45) is 5.92 Å². The summed E-state index contributed by atoms with van der Waals surface area (Å²) in [6, 6.07) is 2.37. The molecule has 0 spiro atoms. The van der Waals surface area contributed by atoms with Crippen LogP contribution in [-0.2, 0) is 15.1 Å². The van der Waals surface area contributed by atoms with Crippen LogP contribution in [0.4, 0.5) is 0 Å². The zero-order valence-electron chi connectivity index (χ0n) is 15.1. The molecule has 7 heteroatoms. The maximum Gasteiger partial charge on any atom is 0.250 e. The lowest BCUT2D eigenvalue weighted by Crippen LogP contribution is -2.56. The Kier molecular flexibility index (Phi) is 4.80. The number of ether oxygens (including phenoxy) is 1. The maximum absolute atomic E-state index is 13.6. The average molecular weight is 347 g/mol. The minimum Gasteiger partial charge on any atom is -0.379 e. The predicted molar refractivity (Wildman–Crippen MR) is 94.2 cm³/mol. The monoisotopic (exact) mass is 347 g/mol. The number of nitrogens with zero attached hydrogens (tertiary/aromatic N) is 4. The zero-order valence-corrected chi connectivity index (χ0v) is 15.1. The fraction of sp³-hybridized carbons (Fsp3) is 0.778. The third-order valence-electron chi connectivity index (χ3n) is 6.15. The lowest BCUT2D eigenvalue weighted by atomic mass is 9.87. The van der Waals surface area contributed by atoms with E-state index < -0.39 is 5.54 Å². The highest BCUT2D eigenvalue weighted by Crippen LogP contribution is 2.32. The Bertz CT molecular complexity index is 578.